The standard InChI is InChI=1S/C21H21NO3/c23-19(13-18-16-11-4-5-12-17(16)21(24)25-18)22-20(15-9-6-10-15)14-7-2-1-3-8-14/h1-5,7-8,11-12,15,18,20H,6,9-10,13H2,(H,22,23)/t18-,20-/m0/s1. The molecule has 1 heterocycles. The highest BCUT2D eigenvalue weighted by molar-refractivity contribution is 5.94. The van der Waals surface area contributed by atoms with Crippen LogP contribution in [0.25, 0.3) is 0 Å². The molecule has 4 heteroatoms. The summed E-state index contributed by atoms with van der Waals surface area (Å²) in [6.07, 6.45) is 3.18. The van der Waals surface area contributed by atoms with Gasteiger partial charge in [0.25, 0.3) is 0 Å². The van der Waals surface area contributed by atoms with Crippen LogP contribution in [0, 0.1) is 5.92 Å². The first-order valence-corrected chi connectivity index (χ1v) is 8.86. The zero-order valence-corrected chi connectivity index (χ0v) is 14.0. The lowest BCUT2D eigenvalue weighted by molar-refractivity contribution is -0.124. The Morgan fingerprint density at radius 2 is 1.80 bits per heavy atom. The van der Waals surface area contributed by atoms with Gasteiger partial charge >= 0.3 is 5.97 Å². The highest BCUT2D eigenvalue weighted by Gasteiger charge is 2.34. The predicted molar refractivity (Wildman–Crippen MR) is 93.9 cm³/mol. The lowest BCUT2D eigenvalue weighted by Crippen LogP contribution is -2.36. The lowest BCUT2D eigenvalue weighted by atomic mass is 9.77. The molecule has 2 atom stereocenters. The molecule has 0 unspecified atom stereocenters. The van der Waals surface area contributed by atoms with E-state index in [2.05, 4.69) is 17.4 Å². The third kappa shape index (κ3) is 3.16. The highest BCUT2D eigenvalue weighted by atomic mass is 16.5. The Morgan fingerprint density at radius 1 is 1.08 bits per heavy atom. The van der Waals surface area contributed by atoms with Crippen molar-refractivity contribution < 1.29 is 14.3 Å². The molecule has 4 rings (SSSR count). The first-order valence-electron chi connectivity index (χ1n) is 8.86. The van der Waals surface area contributed by atoms with E-state index in [0.717, 1.165) is 24.0 Å². The Bertz CT molecular complexity index is 783. The molecular weight excluding hydrogens is 314 g/mol. The number of esters is 1. The maximum Gasteiger partial charge on any atom is 0.339 e. The first-order chi connectivity index (χ1) is 12.2. The molecule has 128 valence electrons. The number of rotatable bonds is 5. The van der Waals surface area contributed by atoms with Crippen LogP contribution in [0.2, 0.25) is 0 Å². The Kier molecular flexibility index (Phi) is 4.26. The third-order valence-electron chi connectivity index (χ3n) is 5.24. The molecule has 0 radical (unpaired) electrons. The van der Waals surface area contributed by atoms with E-state index in [9.17, 15) is 9.59 Å². The molecule has 2 aromatic carbocycles. The number of carbonyl (C=O) groups excluding carboxylic acids is 2. The summed E-state index contributed by atoms with van der Waals surface area (Å²) in [5.74, 6) is 0.0759. The summed E-state index contributed by atoms with van der Waals surface area (Å²) in [4.78, 5) is 24.6. The van der Waals surface area contributed by atoms with Crippen molar-refractivity contribution in [3.05, 3.63) is 71.3 Å². The maximum atomic E-state index is 12.6. The van der Waals surface area contributed by atoms with Crippen molar-refractivity contribution in [2.45, 2.75) is 37.8 Å². The Hall–Kier alpha value is -2.62. The zero-order chi connectivity index (χ0) is 17.2. The summed E-state index contributed by atoms with van der Waals surface area (Å²) in [6, 6.07) is 17.4. The van der Waals surface area contributed by atoms with E-state index in [-0.39, 0.29) is 24.3 Å². The van der Waals surface area contributed by atoms with E-state index >= 15 is 0 Å². The van der Waals surface area contributed by atoms with Crippen molar-refractivity contribution >= 4 is 11.9 Å². The molecule has 0 bridgehead atoms. The fourth-order valence-corrected chi connectivity index (χ4v) is 3.68. The van der Waals surface area contributed by atoms with E-state index in [4.69, 9.17) is 4.74 Å². The monoisotopic (exact) mass is 335 g/mol. The van der Waals surface area contributed by atoms with Crippen LogP contribution in [-0.2, 0) is 9.53 Å². The van der Waals surface area contributed by atoms with Gasteiger partial charge in [-0.3, -0.25) is 4.79 Å². The SMILES string of the molecule is O=C(C[C@@H]1OC(=O)c2ccccc21)N[C@@H](c1ccccc1)C1CCC1. The van der Waals surface area contributed by atoms with Crippen LogP contribution in [0.4, 0.5) is 0 Å². The van der Waals surface area contributed by atoms with Crippen LogP contribution >= 0.6 is 0 Å². The van der Waals surface area contributed by atoms with Gasteiger partial charge in [0.15, 0.2) is 0 Å². The molecule has 0 spiro atoms. The first kappa shape index (κ1) is 15.9. The lowest BCUT2D eigenvalue weighted by Gasteiger charge is -2.34. The number of nitrogens with one attached hydrogen (secondary N) is 1. The molecule has 0 aromatic heterocycles. The zero-order valence-electron chi connectivity index (χ0n) is 14.0. The summed E-state index contributed by atoms with van der Waals surface area (Å²) in [5.41, 5.74) is 2.52. The molecule has 1 amide bonds. The minimum absolute atomic E-state index is 0.0369. The summed E-state index contributed by atoms with van der Waals surface area (Å²) in [6.45, 7) is 0. The molecule has 1 saturated carbocycles. The van der Waals surface area contributed by atoms with Gasteiger partial charge in [0.1, 0.15) is 6.10 Å². The number of cyclic esters (lactones) is 1. The van der Waals surface area contributed by atoms with Crippen LogP contribution in [0.5, 0.6) is 0 Å². The average Bonchev–Trinajstić information content (AvgIpc) is 2.90. The second-order valence-electron chi connectivity index (χ2n) is 6.83. The maximum absolute atomic E-state index is 12.6. The average molecular weight is 335 g/mol. The van der Waals surface area contributed by atoms with Gasteiger partial charge in [0.05, 0.1) is 18.0 Å². The third-order valence-corrected chi connectivity index (χ3v) is 5.24. The minimum atomic E-state index is -0.485. The summed E-state index contributed by atoms with van der Waals surface area (Å²) >= 11 is 0. The van der Waals surface area contributed by atoms with Gasteiger partial charge in [0.2, 0.25) is 5.91 Å². The Labute approximate surface area is 147 Å². The van der Waals surface area contributed by atoms with Crippen molar-refractivity contribution in [2.75, 3.05) is 0 Å². The van der Waals surface area contributed by atoms with E-state index in [1.165, 1.54) is 6.42 Å². The molecular formula is C21H21NO3. The summed E-state index contributed by atoms with van der Waals surface area (Å²) < 4.78 is 5.39. The van der Waals surface area contributed by atoms with Gasteiger partial charge in [-0.15, -0.1) is 0 Å². The van der Waals surface area contributed by atoms with E-state index in [1.54, 1.807) is 6.07 Å². The van der Waals surface area contributed by atoms with Gasteiger partial charge in [-0.2, -0.15) is 0 Å². The fraction of sp³-hybridized carbons (Fsp3) is 0.333. The van der Waals surface area contributed by atoms with Crippen LogP contribution in [0.1, 0.15) is 59.3 Å². The van der Waals surface area contributed by atoms with E-state index in [0.29, 0.717) is 11.5 Å². The minimum Gasteiger partial charge on any atom is -0.453 e. The van der Waals surface area contributed by atoms with Crippen LogP contribution < -0.4 is 5.32 Å². The number of carbonyl (C=O) groups is 2. The van der Waals surface area contributed by atoms with Gasteiger partial charge in [-0.05, 0) is 30.4 Å². The van der Waals surface area contributed by atoms with Crippen molar-refractivity contribution in [1.82, 2.24) is 5.32 Å². The predicted octanol–water partition coefficient (Wildman–Crippen LogP) is 3.95. The van der Waals surface area contributed by atoms with Gasteiger partial charge in [-0.1, -0.05) is 55.0 Å². The quantitative estimate of drug-likeness (QED) is 0.842. The van der Waals surface area contributed by atoms with E-state index in [1.807, 2.05) is 36.4 Å². The molecule has 25 heavy (non-hydrogen) atoms. The highest BCUT2D eigenvalue weighted by Crippen LogP contribution is 2.38. The fourth-order valence-electron chi connectivity index (χ4n) is 3.68. The molecule has 2 aromatic rings. The van der Waals surface area contributed by atoms with Crippen molar-refractivity contribution in [1.29, 1.82) is 0 Å². The smallest absolute Gasteiger partial charge is 0.339 e. The second-order valence-corrected chi connectivity index (χ2v) is 6.83. The topological polar surface area (TPSA) is 55.4 Å². The number of amides is 1. The number of hydrogen-bond acceptors (Lipinski definition) is 3. The molecule has 1 aliphatic heterocycles. The summed E-state index contributed by atoms with van der Waals surface area (Å²) in [7, 11) is 0. The van der Waals surface area contributed by atoms with Crippen LogP contribution in [-0.4, -0.2) is 11.9 Å². The number of fused-ring (bicyclic) bond motifs is 1. The van der Waals surface area contributed by atoms with Gasteiger partial charge in [0, 0.05) is 5.56 Å². The molecule has 1 fully saturated rings. The summed E-state index contributed by atoms with van der Waals surface area (Å²) in [5, 5.41) is 3.18. The number of ether oxygens (including phenoxy) is 1. The van der Waals surface area contributed by atoms with E-state index < -0.39 is 6.10 Å². The Balaban J connectivity index is 1.47. The molecule has 1 N–H and O–H groups in total. The molecule has 4 nitrogen and oxygen atoms in total. The number of hydrogen-bond donors (Lipinski definition) is 1. The van der Waals surface area contributed by atoms with Crippen molar-refractivity contribution in [3.63, 3.8) is 0 Å². The Morgan fingerprint density at radius 3 is 2.52 bits per heavy atom. The van der Waals surface area contributed by atoms with Crippen molar-refractivity contribution in [3.8, 4) is 0 Å². The van der Waals surface area contributed by atoms with Crippen LogP contribution in [0.15, 0.2) is 54.6 Å². The number of benzene rings is 2. The molecule has 1 aliphatic carbocycles. The van der Waals surface area contributed by atoms with Crippen LogP contribution in [0.3, 0.4) is 0 Å². The molecule has 2 aliphatic rings. The van der Waals surface area contributed by atoms with Gasteiger partial charge < -0.3 is 10.1 Å². The normalized spacial score (nSPS) is 20.3. The van der Waals surface area contributed by atoms with Gasteiger partial charge in [-0.25, -0.2) is 4.79 Å². The molecule has 0 saturated heterocycles. The van der Waals surface area contributed by atoms with Crippen molar-refractivity contribution in [2.24, 2.45) is 5.92 Å². The largest absolute Gasteiger partial charge is 0.453 e. The second kappa shape index (κ2) is 6.71.